The fraction of sp³-hybridized carbons (Fsp3) is 0.0667. The first kappa shape index (κ1) is 15.6. The van der Waals surface area contributed by atoms with Crippen LogP contribution in [0.15, 0.2) is 56.7 Å². The molecule has 0 atom stereocenters. The van der Waals surface area contributed by atoms with Crippen LogP contribution in [0.2, 0.25) is 0 Å². The molecule has 0 bridgehead atoms. The fourth-order valence-corrected chi connectivity index (χ4v) is 3.23. The molecule has 0 aliphatic carbocycles. The van der Waals surface area contributed by atoms with Gasteiger partial charge in [-0.05, 0) is 42.0 Å². The first-order valence-corrected chi connectivity index (χ1v) is 7.58. The van der Waals surface area contributed by atoms with E-state index in [1.165, 1.54) is 11.8 Å². The number of aromatic carboxylic acids is 1. The topological polar surface area (TPSA) is 74.6 Å². The monoisotopic (exact) mass is 366 g/mol. The summed E-state index contributed by atoms with van der Waals surface area (Å²) < 4.78 is 0.747. The molecular formula is C15H11BrO4S. The number of benzene rings is 2. The van der Waals surface area contributed by atoms with Gasteiger partial charge in [0.25, 0.3) is 0 Å². The van der Waals surface area contributed by atoms with Crippen molar-refractivity contribution in [2.45, 2.75) is 16.2 Å². The molecule has 2 rings (SSSR count). The largest absolute Gasteiger partial charge is 0.481 e. The zero-order chi connectivity index (χ0) is 15.4. The van der Waals surface area contributed by atoms with E-state index in [1.54, 1.807) is 30.3 Å². The molecule has 0 fully saturated rings. The summed E-state index contributed by atoms with van der Waals surface area (Å²) in [4.78, 5) is 23.3. The van der Waals surface area contributed by atoms with Crippen LogP contribution in [-0.4, -0.2) is 22.2 Å². The SMILES string of the molecule is O=C(O)Cc1ccc(Sc2ccc(C(=O)O)cc2)cc1Br. The van der Waals surface area contributed by atoms with Gasteiger partial charge in [-0.2, -0.15) is 0 Å². The average molecular weight is 367 g/mol. The molecule has 0 saturated carbocycles. The van der Waals surface area contributed by atoms with Crippen LogP contribution in [-0.2, 0) is 11.2 Å². The van der Waals surface area contributed by atoms with Crippen LogP contribution in [0.1, 0.15) is 15.9 Å². The predicted octanol–water partition coefficient (Wildman–Crippen LogP) is 3.93. The van der Waals surface area contributed by atoms with Crippen LogP contribution in [0.5, 0.6) is 0 Å². The van der Waals surface area contributed by atoms with Gasteiger partial charge in [0.05, 0.1) is 12.0 Å². The van der Waals surface area contributed by atoms with Crippen molar-refractivity contribution >= 4 is 39.6 Å². The molecule has 108 valence electrons. The van der Waals surface area contributed by atoms with Crippen LogP contribution in [0, 0.1) is 0 Å². The minimum Gasteiger partial charge on any atom is -0.481 e. The number of rotatable bonds is 5. The van der Waals surface area contributed by atoms with Gasteiger partial charge in [-0.3, -0.25) is 4.79 Å². The second-order valence-corrected chi connectivity index (χ2v) is 6.26. The lowest BCUT2D eigenvalue weighted by Gasteiger charge is -2.06. The predicted molar refractivity (Wildman–Crippen MR) is 83.0 cm³/mol. The van der Waals surface area contributed by atoms with E-state index in [0.29, 0.717) is 5.56 Å². The third-order valence-corrected chi connectivity index (χ3v) is 4.44. The number of carbonyl (C=O) groups is 2. The lowest BCUT2D eigenvalue weighted by Crippen LogP contribution is -2.00. The maximum Gasteiger partial charge on any atom is 0.335 e. The van der Waals surface area contributed by atoms with Crippen molar-refractivity contribution in [1.29, 1.82) is 0 Å². The smallest absolute Gasteiger partial charge is 0.335 e. The highest BCUT2D eigenvalue weighted by Crippen LogP contribution is 2.31. The number of hydrogen-bond donors (Lipinski definition) is 2. The van der Waals surface area contributed by atoms with Gasteiger partial charge in [-0.25, -0.2) is 4.79 Å². The summed E-state index contributed by atoms with van der Waals surface area (Å²) in [6.45, 7) is 0. The molecule has 2 aromatic rings. The van der Waals surface area contributed by atoms with E-state index in [4.69, 9.17) is 10.2 Å². The first-order chi connectivity index (χ1) is 9.95. The average Bonchev–Trinajstić information content (AvgIpc) is 2.42. The van der Waals surface area contributed by atoms with E-state index >= 15 is 0 Å². The summed E-state index contributed by atoms with van der Waals surface area (Å²) in [6.07, 6.45) is -0.0289. The molecule has 6 heteroatoms. The number of carboxylic acid groups (broad SMARTS) is 2. The fourth-order valence-electron chi connectivity index (χ4n) is 1.70. The Morgan fingerprint density at radius 2 is 1.62 bits per heavy atom. The van der Waals surface area contributed by atoms with Gasteiger partial charge >= 0.3 is 11.9 Å². The van der Waals surface area contributed by atoms with Crippen molar-refractivity contribution < 1.29 is 19.8 Å². The van der Waals surface area contributed by atoms with E-state index in [1.807, 2.05) is 12.1 Å². The molecule has 4 nitrogen and oxygen atoms in total. The standard InChI is InChI=1S/C15H11BrO4S/c16-13-8-12(6-3-10(13)7-14(17)18)21-11-4-1-9(2-5-11)15(19)20/h1-6,8H,7H2,(H,17,18)(H,19,20). The molecule has 0 heterocycles. The maximum absolute atomic E-state index is 10.8. The van der Waals surface area contributed by atoms with Crippen molar-refractivity contribution in [3.63, 3.8) is 0 Å². The molecule has 0 aliphatic heterocycles. The Labute approximate surface area is 133 Å². The van der Waals surface area contributed by atoms with Crippen LogP contribution in [0.25, 0.3) is 0 Å². The molecular weight excluding hydrogens is 356 g/mol. The van der Waals surface area contributed by atoms with Gasteiger partial charge in [0.1, 0.15) is 0 Å². The van der Waals surface area contributed by atoms with E-state index in [2.05, 4.69) is 15.9 Å². The summed E-state index contributed by atoms with van der Waals surface area (Å²) in [5, 5.41) is 17.6. The van der Waals surface area contributed by atoms with Crippen LogP contribution in [0.3, 0.4) is 0 Å². The van der Waals surface area contributed by atoms with Crippen molar-refractivity contribution in [2.24, 2.45) is 0 Å². The van der Waals surface area contributed by atoms with E-state index in [9.17, 15) is 9.59 Å². The molecule has 0 amide bonds. The summed E-state index contributed by atoms with van der Waals surface area (Å²) in [5.41, 5.74) is 0.963. The number of hydrogen-bond acceptors (Lipinski definition) is 3. The van der Waals surface area contributed by atoms with Gasteiger partial charge in [0.15, 0.2) is 0 Å². The van der Waals surface area contributed by atoms with Crippen molar-refractivity contribution in [3.8, 4) is 0 Å². The van der Waals surface area contributed by atoms with Crippen molar-refractivity contribution in [1.82, 2.24) is 0 Å². The Morgan fingerprint density at radius 3 is 2.14 bits per heavy atom. The van der Waals surface area contributed by atoms with Crippen molar-refractivity contribution in [2.75, 3.05) is 0 Å². The summed E-state index contributed by atoms with van der Waals surface area (Å²) in [7, 11) is 0. The van der Waals surface area contributed by atoms with E-state index in [0.717, 1.165) is 14.3 Å². The van der Waals surface area contributed by atoms with Gasteiger partial charge < -0.3 is 10.2 Å². The lowest BCUT2D eigenvalue weighted by molar-refractivity contribution is -0.136. The molecule has 0 saturated heterocycles. The Bertz CT molecular complexity index is 683. The Morgan fingerprint density at radius 1 is 1.00 bits per heavy atom. The van der Waals surface area contributed by atoms with Crippen LogP contribution < -0.4 is 0 Å². The second kappa shape index (κ2) is 6.78. The summed E-state index contributed by atoms with van der Waals surface area (Å²) in [5.74, 6) is -1.83. The Balaban J connectivity index is 2.14. The maximum atomic E-state index is 10.8. The van der Waals surface area contributed by atoms with Gasteiger partial charge in [-0.1, -0.05) is 33.8 Å². The van der Waals surface area contributed by atoms with Crippen LogP contribution in [0.4, 0.5) is 0 Å². The van der Waals surface area contributed by atoms with E-state index in [-0.39, 0.29) is 12.0 Å². The number of carboxylic acids is 2. The molecule has 0 aliphatic rings. The van der Waals surface area contributed by atoms with E-state index < -0.39 is 11.9 Å². The highest BCUT2D eigenvalue weighted by atomic mass is 79.9. The molecule has 2 aromatic carbocycles. The highest BCUT2D eigenvalue weighted by Gasteiger charge is 2.07. The number of halogens is 1. The molecule has 0 unspecified atom stereocenters. The zero-order valence-electron chi connectivity index (χ0n) is 10.7. The molecule has 0 radical (unpaired) electrons. The van der Waals surface area contributed by atoms with Gasteiger partial charge in [-0.15, -0.1) is 0 Å². The normalized spacial score (nSPS) is 10.3. The van der Waals surface area contributed by atoms with Gasteiger partial charge in [0.2, 0.25) is 0 Å². The quantitative estimate of drug-likeness (QED) is 0.838. The summed E-state index contributed by atoms with van der Waals surface area (Å²) >= 11 is 4.84. The Kier molecular flexibility index (Phi) is 5.03. The minimum atomic E-state index is -0.952. The minimum absolute atomic E-state index is 0.0289. The molecule has 0 aromatic heterocycles. The Hall–Kier alpha value is -1.79. The van der Waals surface area contributed by atoms with Crippen molar-refractivity contribution in [3.05, 3.63) is 58.1 Å². The highest BCUT2D eigenvalue weighted by molar-refractivity contribution is 9.10. The number of aliphatic carboxylic acids is 1. The first-order valence-electron chi connectivity index (χ1n) is 5.97. The third-order valence-electron chi connectivity index (χ3n) is 2.70. The molecule has 0 spiro atoms. The molecule has 21 heavy (non-hydrogen) atoms. The van der Waals surface area contributed by atoms with Crippen LogP contribution >= 0.6 is 27.7 Å². The second-order valence-electron chi connectivity index (χ2n) is 4.26. The summed E-state index contributed by atoms with van der Waals surface area (Å²) in [6, 6.07) is 12.1. The lowest BCUT2D eigenvalue weighted by atomic mass is 10.1. The zero-order valence-corrected chi connectivity index (χ0v) is 13.1. The van der Waals surface area contributed by atoms with Gasteiger partial charge in [0, 0.05) is 14.3 Å². The third kappa shape index (κ3) is 4.34. The molecule has 2 N–H and O–H groups in total.